The lowest BCUT2D eigenvalue weighted by atomic mass is 10.4. The van der Waals surface area contributed by atoms with Gasteiger partial charge in [-0.1, -0.05) is 0 Å². The third-order valence-electron chi connectivity index (χ3n) is 1.92. The lowest BCUT2D eigenvalue weighted by molar-refractivity contribution is 0.336. The summed E-state index contributed by atoms with van der Waals surface area (Å²) >= 11 is 0. The van der Waals surface area contributed by atoms with Crippen LogP contribution in [0.3, 0.4) is 0 Å². The first-order valence-corrected chi connectivity index (χ1v) is 4.17. The summed E-state index contributed by atoms with van der Waals surface area (Å²) in [7, 11) is 3.07. The first kappa shape index (κ1) is 8.22. The molecule has 70 valence electrons. The van der Waals surface area contributed by atoms with Gasteiger partial charge in [0.05, 0.1) is 14.2 Å². The Kier molecular flexibility index (Phi) is 2.00. The minimum atomic E-state index is 0.328. The fraction of sp³-hybridized carbons (Fsp3) is 0.625. The molecule has 1 aliphatic rings. The predicted octanol–water partition coefficient (Wildman–Crippen LogP) is 0.766. The van der Waals surface area contributed by atoms with E-state index in [4.69, 9.17) is 9.47 Å². The SMILES string of the molecule is COc1nc(OC)nc(C2CC2)n1. The van der Waals surface area contributed by atoms with E-state index in [0.29, 0.717) is 17.9 Å². The Bertz CT molecular complexity index is 290. The number of ether oxygens (including phenoxy) is 2. The molecule has 1 heterocycles. The Morgan fingerprint density at radius 3 is 1.92 bits per heavy atom. The Balaban J connectivity index is 2.33. The van der Waals surface area contributed by atoms with Gasteiger partial charge in [0.15, 0.2) is 0 Å². The van der Waals surface area contributed by atoms with Gasteiger partial charge in [0.1, 0.15) is 5.82 Å². The van der Waals surface area contributed by atoms with Crippen molar-refractivity contribution in [1.82, 2.24) is 15.0 Å². The van der Waals surface area contributed by atoms with E-state index in [-0.39, 0.29) is 0 Å². The van der Waals surface area contributed by atoms with Crippen molar-refractivity contribution in [2.75, 3.05) is 14.2 Å². The maximum atomic E-state index is 4.93. The Labute approximate surface area is 76.1 Å². The molecule has 1 fully saturated rings. The minimum absolute atomic E-state index is 0.328. The van der Waals surface area contributed by atoms with Crippen LogP contribution >= 0.6 is 0 Å². The summed E-state index contributed by atoms with van der Waals surface area (Å²) < 4.78 is 9.87. The summed E-state index contributed by atoms with van der Waals surface area (Å²) in [6.07, 6.45) is 2.30. The molecular weight excluding hydrogens is 170 g/mol. The molecule has 2 rings (SSSR count). The highest BCUT2D eigenvalue weighted by Crippen LogP contribution is 2.38. The number of aromatic nitrogens is 3. The van der Waals surface area contributed by atoms with Crippen LogP contribution in [0.5, 0.6) is 12.0 Å². The molecule has 1 aromatic heterocycles. The second-order valence-electron chi connectivity index (χ2n) is 2.94. The highest BCUT2D eigenvalue weighted by molar-refractivity contribution is 5.12. The summed E-state index contributed by atoms with van der Waals surface area (Å²) in [5.41, 5.74) is 0. The van der Waals surface area contributed by atoms with Crippen molar-refractivity contribution in [3.05, 3.63) is 5.82 Å². The molecule has 0 amide bonds. The topological polar surface area (TPSA) is 57.1 Å². The summed E-state index contributed by atoms with van der Waals surface area (Å²) in [6, 6.07) is 0.655. The molecule has 0 radical (unpaired) electrons. The number of hydrogen-bond acceptors (Lipinski definition) is 5. The molecule has 0 N–H and O–H groups in total. The van der Waals surface area contributed by atoms with E-state index in [2.05, 4.69) is 15.0 Å². The molecule has 0 aromatic carbocycles. The molecule has 0 aliphatic heterocycles. The van der Waals surface area contributed by atoms with Crippen LogP contribution in [-0.4, -0.2) is 29.2 Å². The van der Waals surface area contributed by atoms with Crippen LogP contribution in [0.2, 0.25) is 0 Å². The fourth-order valence-corrected chi connectivity index (χ4v) is 1.06. The molecule has 0 spiro atoms. The molecule has 1 aromatic rings. The van der Waals surface area contributed by atoms with Gasteiger partial charge in [0.25, 0.3) is 0 Å². The monoisotopic (exact) mass is 181 g/mol. The summed E-state index contributed by atoms with van der Waals surface area (Å²) in [6.45, 7) is 0. The molecule has 0 unspecified atom stereocenters. The molecule has 1 aliphatic carbocycles. The van der Waals surface area contributed by atoms with E-state index in [9.17, 15) is 0 Å². The highest BCUT2D eigenvalue weighted by Gasteiger charge is 2.28. The molecule has 0 bridgehead atoms. The Morgan fingerprint density at radius 2 is 1.54 bits per heavy atom. The van der Waals surface area contributed by atoms with Crippen LogP contribution < -0.4 is 9.47 Å². The number of hydrogen-bond donors (Lipinski definition) is 0. The normalized spacial score (nSPS) is 15.5. The van der Waals surface area contributed by atoms with Crippen LogP contribution in [0.15, 0.2) is 0 Å². The summed E-state index contributed by atoms with van der Waals surface area (Å²) in [5, 5.41) is 0. The van der Waals surface area contributed by atoms with Crippen LogP contribution in [0.4, 0.5) is 0 Å². The van der Waals surface area contributed by atoms with Crippen LogP contribution in [0.25, 0.3) is 0 Å². The molecular formula is C8H11N3O2. The van der Waals surface area contributed by atoms with E-state index >= 15 is 0 Å². The lowest BCUT2D eigenvalue weighted by Crippen LogP contribution is -2.02. The number of nitrogens with zero attached hydrogens (tertiary/aromatic N) is 3. The zero-order valence-corrected chi connectivity index (χ0v) is 7.65. The van der Waals surface area contributed by atoms with Crippen molar-refractivity contribution in [3.63, 3.8) is 0 Å². The van der Waals surface area contributed by atoms with Crippen LogP contribution in [-0.2, 0) is 0 Å². The number of methoxy groups -OCH3 is 2. The van der Waals surface area contributed by atoms with E-state index in [1.165, 1.54) is 14.2 Å². The van der Waals surface area contributed by atoms with Gasteiger partial charge in [-0.05, 0) is 12.8 Å². The predicted molar refractivity (Wildman–Crippen MR) is 44.9 cm³/mol. The first-order valence-electron chi connectivity index (χ1n) is 4.17. The molecule has 0 saturated heterocycles. The van der Waals surface area contributed by atoms with Crippen molar-refractivity contribution in [2.45, 2.75) is 18.8 Å². The first-order chi connectivity index (χ1) is 6.33. The van der Waals surface area contributed by atoms with E-state index in [1.54, 1.807) is 0 Å². The molecule has 13 heavy (non-hydrogen) atoms. The van der Waals surface area contributed by atoms with Crippen molar-refractivity contribution in [3.8, 4) is 12.0 Å². The van der Waals surface area contributed by atoms with Crippen molar-refractivity contribution in [1.29, 1.82) is 0 Å². The highest BCUT2D eigenvalue weighted by atomic mass is 16.5. The van der Waals surface area contributed by atoms with Gasteiger partial charge in [-0.25, -0.2) is 0 Å². The van der Waals surface area contributed by atoms with Crippen LogP contribution in [0.1, 0.15) is 24.6 Å². The van der Waals surface area contributed by atoms with Crippen LogP contribution in [0, 0.1) is 0 Å². The van der Waals surface area contributed by atoms with E-state index < -0.39 is 0 Å². The van der Waals surface area contributed by atoms with E-state index in [0.717, 1.165) is 18.7 Å². The zero-order chi connectivity index (χ0) is 9.26. The summed E-state index contributed by atoms with van der Waals surface area (Å²) in [4.78, 5) is 12.2. The van der Waals surface area contributed by atoms with E-state index in [1.807, 2.05) is 0 Å². The third kappa shape index (κ3) is 1.68. The maximum absolute atomic E-state index is 4.93. The standard InChI is InChI=1S/C8H11N3O2/c1-12-7-9-6(5-3-4-5)10-8(11-7)13-2/h5H,3-4H2,1-2H3. The Hall–Kier alpha value is -1.39. The average Bonchev–Trinajstić information content (AvgIpc) is 3.00. The molecule has 5 heteroatoms. The largest absolute Gasteiger partial charge is 0.467 e. The van der Waals surface area contributed by atoms with Crippen molar-refractivity contribution >= 4 is 0 Å². The Morgan fingerprint density at radius 1 is 1.00 bits per heavy atom. The van der Waals surface area contributed by atoms with Gasteiger partial charge in [-0.15, -0.1) is 4.98 Å². The van der Waals surface area contributed by atoms with Gasteiger partial charge in [-0.2, -0.15) is 9.97 Å². The van der Waals surface area contributed by atoms with Gasteiger partial charge < -0.3 is 9.47 Å². The quantitative estimate of drug-likeness (QED) is 0.689. The van der Waals surface area contributed by atoms with Crippen molar-refractivity contribution < 1.29 is 9.47 Å². The second-order valence-corrected chi connectivity index (χ2v) is 2.94. The van der Waals surface area contributed by atoms with Gasteiger partial charge >= 0.3 is 12.0 Å². The molecule has 5 nitrogen and oxygen atoms in total. The minimum Gasteiger partial charge on any atom is -0.467 e. The maximum Gasteiger partial charge on any atom is 0.322 e. The lowest BCUT2D eigenvalue weighted by Gasteiger charge is -2.03. The molecule has 0 atom stereocenters. The second kappa shape index (κ2) is 3.16. The summed E-state index contributed by atoms with van der Waals surface area (Å²) in [5.74, 6) is 1.26. The molecule has 1 saturated carbocycles. The fourth-order valence-electron chi connectivity index (χ4n) is 1.06. The van der Waals surface area contributed by atoms with Gasteiger partial charge in [-0.3, -0.25) is 0 Å². The smallest absolute Gasteiger partial charge is 0.322 e. The van der Waals surface area contributed by atoms with Crippen molar-refractivity contribution in [2.24, 2.45) is 0 Å². The zero-order valence-electron chi connectivity index (χ0n) is 7.65. The van der Waals surface area contributed by atoms with Gasteiger partial charge in [0.2, 0.25) is 0 Å². The van der Waals surface area contributed by atoms with Gasteiger partial charge in [0, 0.05) is 5.92 Å². The third-order valence-corrected chi connectivity index (χ3v) is 1.92. The average molecular weight is 181 g/mol. The number of rotatable bonds is 3.